The largest absolute Gasteiger partial charge is 0.292 e. The van der Waals surface area contributed by atoms with Crippen LogP contribution in [0.25, 0.3) is 0 Å². The molecule has 0 N–H and O–H groups in total. The maximum atomic E-state index is 13.5. The van der Waals surface area contributed by atoms with Crippen LogP contribution < -0.4 is 0 Å². The van der Waals surface area contributed by atoms with Crippen LogP contribution in [0.5, 0.6) is 0 Å². The number of non-ortho nitro benzene ring substituents is 1. The van der Waals surface area contributed by atoms with Gasteiger partial charge in [0.25, 0.3) is 23.4 Å². The average molecular weight is 443 g/mol. The SMILES string of the molecule is C[C@H](C(=O)c1ccccc1)N(C(=O)c1ccc([N+](=O)[O-])cc1)N1C(=O)c2ccccc2C1=O. The molecule has 33 heavy (non-hydrogen) atoms. The van der Waals surface area contributed by atoms with E-state index in [1.54, 1.807) is 42.5 Å². The number of hydrogen-bond acceptors (Lipinski definition) is 6. The van der Waals surface area contributed by atoms with Crippen LogP contribution in [-0.2, 0) is 0 Å². The lowest BCUT2D eigenvalue weighted by molar-refractivity contribution is -0.384. The molecule has 3 aromatic rings. The number of amides is 3. The number of hydrazine groups is 1. The van der Waals surface area contributed by atoms with Crippen LogP contribution in [0.3, 0.4) is 0 Å². The van der Waals surface area contributed by atoms with E-state index >= 15 is 0 Å². The third-order valence-corrected chi connectivity index (χ3v) is 5.33. The Morgan fingerprint density at radius 2 is 1.33 bits per heavy atom. The second-order valence-electron chi connectivity index (χ2n) is 7.33. The highest BCUT2D eigenvalue weighted by Crippen LogP contribution is 2.28. The molecule has 3 aromatic carbocycles. The predicted molar refractivity (Wildman–Crippen MR) is 116 cm³/mol. The van der Waals surface area contributed by atoms with Crippen LogP contribution in [0, 0.1) is 10.1 Å². The van der Waals surface area contributed by atoms with Crippen molar-refractivity contribution in [2.24, 2.45) is 0 Å². The molecule has 0 aliphatic carbocycles. The van der Waals surface area contributed by atoms with Crippen molar-refractivity contribution in [2.75, 3.05) is 0 Å². The van der Waals surface area contributed by atoms with E-state index < -0.39 is 34.5 Å². The van der Waals surface area contributed by atoms with Crippen molar-refractivity contribution in [3.05, 3.63) is 111 Å². The Morgan fingerprint density at radius 1 is 0.818 bits per heavy atom. The van der Waals surface area contributed by atoms with Crippen LogP contribution in [0.15, 0.2) is 78.9 Å². The molecule has 0 bridgehead atoms. The lowest BCUT2D eigenvalue weighted by atomic mass is 10.0. The number of Topliss-reactive ketones (excluding diaryl/α,β-unsaturated/α-hetero) is 1. The van der Waals surface area contributed by atoms with Crippen molar-refractivity contribution in [1.29, 1.82) is 0 Å². The highest BCUT2D eigenvalue weighted by Gasteiger charge is 2.44. The van der Waals surface area contributed by atoms with Crippen molar-refractivity contribution < 1.29 is 24.1 Å². The van der Waals surface area contributed by atoms with E-state index in [2.05, 4.69) is 0 Å². The third-order valence-electron chi connectivity index (χ3n) is 5.33. The predicted octanol–water partition coefficient (Wildman–Crippen LogP) is 3.52. The van der Waals surface area contributed by atoms with Gasteiger partial charge in [-0.15, -0.1) is 0 Å². The Balaban J connectivity index is 1.78. The van der Waals surface area contributed by atoms with Gasteiger partial charge in [0, 0.05) is 23.3 Å². The van der Waals surface area contributed by atoms with Crippen LogP contribution >= 0.6 is 0 Å². The number of ketones is 1. The smallest absolute Gasteiger partial charge is 0.280 e. The molecule has 0 unspecified atom stereocenters. The highest BCUT2D eigenvalue weighted by atomic mass is 16.6. The van der Waals surface area contributed by atoms with Gasteiger partial charge < -0.3 is 0 Å². The van der Waals surface area contributed by atoms with Gasteiger partial charge >= 0.3 is 0 Å². The average Bonchev–Trinajstić information content (AvgIpc) is 3.09. The summed E-state index contributed by atoms with van der Waals surface area (Å²) in [5.74, 6) is -2.78. The normalized spacial score (nSPS) is 13.4. The summed E-state index contributed by atoms with van der Waals surface area (Å²) in [6, 6.07) is 17.8. The molecule has 1 aliphatic rings. The summed E-state index contributed by atoms with van der Waals surface area (Å²) in [5.41, 5.74) is 0.270. The first-order valence-electron chi connectivity index (χ1n) is 9.96. The number of benzene rings is 3. The molecule has 0 radical (unpaired) electrons. The number of nitrogens with zero attached hydrogens (tertiary/aromatic N) is 3. The molecule has 0 spiro atoms. The Bertz CT molecular complexity index is 1250. The minimum Gasteiger partial charge on any atom is -0.292 e. The van der Waals surface area contributed by atoms with E-state index in [1.807, 2.05) is 0 Å². The first-order valence-corrected chi connectivity index (χ1v) is 9.96. The highest BCUT2D eigenvalue weighted by molar-refractivity contribution is 6.22. The maximum absolute atomic E-state index is 13.5. The van der Waals surface area contributed by atoms with E-state index in [-0.39, 0.29) is 22.4 Å². The molecule has 1 aliphatic heterocycles. The lowest BCUT2D eigenvalue weighted by Gasteiger charge is -2.34. The fraction of sp³-hybridized carbons (Fsp3) is 0.0833. The zero-order chi connectivity index (χ0) is 23.7. The van der Waals surface area contributed by atoms with Gasteiger partial charge in [0.05, 0.1) is 16.1 Å². The van der Waals surface area contributed by atoms with Gasteiger partial charge in [-0.2, -0.15) is 5.01 Å². The third kappa shape index (κ3) is 3.76. The van der Waals surface area contributed by atoms with Gasteiger partial charge in [0.15, 0.2) is 5.78 Å². The molecule has 164 valence electrons. The second kappa shape index (κ2) is 8.46. The standard InChI is InChI=1S/C24H17N3O6/c1-15(21(28)16-7-3-2-4-8-16)25(22(29)17-11-13-18(14-12-17)27(32)33)26-23(30)19-9-5-6-10-20(19)24(26)31/h2-15H,1H3/t15-/m1/s1. The Morgan fingerprint density at radius 3 is 1.85 bits per heavy atom. The minimum absolute atomic E-state index is 0.0233. The van der Waals surface area contributed by atoms with E-state index in [0.717, 1.165) is 17.1 Å². The fourth-order valence-electron chi connectivity index (χ4n) is 3.62. The molecular formula is C24H17N3O6. The number of carbonyl (C=O) groups excluding carboxylic acids is 4. The van der Waals surface area contributed by atoms with Crippen LogP contribution in [0.2, 0.25) is 0 Å². The molecular weight excluding hydrogens is 426 g/mol. The lowest BCUT2D eigenvalue weighted by Crippen LogP contribution is -2.56. The number of imide groups is 1. The van der Waals surface area contributed by atoms with E-state index in [0.29, 0.717) is 10.6 Å². The fourth-order valence-corrected chi connectivity index (χ4v) is 3.62. The number of hydrogen-bond donors (Lipinski definition) is 0. The maximum Gasteiger partial charge on any atom is 0.280 e. The topological polar surface area (TPSA) is 118 Å². The summed E-state index contributed by atoms with van der Waals surface area (Å²) in [6.07, 6.45) is 0. The van der Waals surface area contributed by atoms with Crippen molar-refractivity contribution in [3.8, 4) is 0 Å². The summed E-state index contributed by atoms with van der Waals surface area (Å²) < 4.78 is 0. The Hall–Kier alpha value is -4.66. The molecule has 9 heteroatoms. The van der Waals surface area contributed by atoms with E-state index in [9.17, 15) is 29.3 Å². The number of rotatable bonds is 6. The zero-order valence-electron chi connectivity index (χ0n) is 17.4. The monoisotopic (exact) mass is 443 g/mol. The Labute approximate surface area is 188 Å². The molecule has 0 saturated carbocycles. The minimum atomic E-state index is -1.22. The van der Waals surface area contributed by atoms with Gasteiger partial charge in [-0.1, -0.05) is 42.5 Å². The van der Waals surface area contributed by atoms with E-state index in [4.69, 9.17) is 0 Å². The first-order chi connectivity index (χ1) is 15.8. The van der Waals surface area contributed by atoms with Crippen molar-refractivity contribution in [3.63, 3.8) is 0 Å². The molecule has 0 aromatic heterocycles. The summed E-state index contributed by atoms with van der Waals surface area (Å²) in [6.45, 7) is 1.42. The quantitative estimate of drug-likeness (QED) is 0.249. The number of nitro benzene ring substituents is 1. The molecule has 3 amide bonds. The van der Waals surface area contributed by atoms with Crippen LogP contribution in [0.4, 0.5) is 5.69 Å². The summed E-state index contributed by atoms with van der Waals surface area (Å²) in [5, 5.41) is 12.4. The molecule has 4 rings (SSSR count). The number of carbonyl (C=O) groups is 4. The Kier molecular flexibility index (Phi) is 5.53. The first kappa shape index (κ1) is 21.6. The molecule has 1 atom stereocenters. The summed E-state index contributed by atoms with van der Waals surface area (Å²) in [7, 11) is 0. The zero-order valence-corrected chi connectivity index (χ0v) is 17.4. The van der Waals surface area contributed by atoms with Crippen LogP contribution in [0.1, 0.15) is 48.4 Å². The van der Waals surface area contributed by atoms with Gasteiger partial charge in [-0.3, -0.25) is 29.3 Å². The summed E-state index contributed by atoms with van der Waals surface area (Å²) >= 11 is 0. The van der Waals surface area contributed by atoms with Gasteiger partial charge in [0.1, 0.15) is 6.04 Å². The summed E-state index contributed by atoms with van der Waals surface area (Å²) in [4.78, 5) is 63.2. The van der Waals surface area contributed by atoms with Crippen molar-refractivity contribution in [2.45, 2.75) is 13.0 Å². The van der Waals surface area contributed by atoms with E-state index in [1.165, 1.54) is 31.2 Å². The second-order valence-corrected chi connectivity index (χ2v) is 7.33. The molecule has 0 saturated heterocycles. The van der Waals surface area contributed by atoms with Gasteiger partial charge in [-0.05, 0) is 31.2 Å². The molecule has 9 nitrogen and oxygen atoms in total. The number of fused-ring (bicyclic) bond motifs is 1. The van der Waals surface area contributed by atoms with Crippen molar-refractivity contribution in [1.82, 2.24) is 10.0 Å². The van der Waals surface area contributed by atoms with Crippen LogP contribution in [-0.4, -0.2) is 44.5 Å². The van der Waals surface area contributed by atoms with Gasteiger partial charge in [-0.25, -0.2) is 5.01 Å². The molecule has 1 heterocycles. The van der Waals surface area contributed by atoms with Gasteiger partial charge in [0.2, 0.25) is 0 Å². The molecule has 0 fully saturated rings. The number of nitro groups is 1. The van der Waals surface area contributed by atoms with Crippen molar-refractivity contribution >= 4 is 29.2 Å².